The third kappa shape index (κ3) is 3.92. The molecule has 1 aliphatic heterocycles. The number of hydrogen-bond acceptors (Lipinski definition) is 4. The average Bonchev–Trinajstić information content (AvgIpc) is 3.14. The van der Waals surface area contributed by atoms with Crippen LogP contribution in [0.5, 0.6) is 5.75 Å². The summed E-state index contributed by atoms with van der Waals surface area (Å²) in [6.45, 7) is 2.87. The first-order valence-corrected chi connectivity index (χ1v) is 5.43. The second-order valence-corrected chi connectivity index (χ2v) is 3.79. The molecule has 0 aromatic heterocycles. The van der Waals surface area contributed by atoms with Gasteiger partial charge in [0.05, 0.1) is 18.4 Å². The molecule has 0 aliphatic carbocycles. The number of rotatable bonds is 5. The molecule has 2 rings (SSSR count). The first kappa shape index (κ1) is 11.7. The van der Waals surface area contributed by atoms with Gasteiger partial charge in [0.25, 0.3) is 0 Å². The van der Waals surface area contributed by atoms with Crippen molar-refractivity contribution in [3.63, 3.8) is 0 Å². The highest BCUT2D eigenvalue weighted by atomic mass is 16.6. The second-order valence-electron chi connectivity index (χ2n) is 3.79. The Labute approximate surface area is 99.8 Å². The first-order chi connectivity index (χ1) is 8.25. The minimum absolute atomic E-state index is 0.184. The molecule has 4 nitrogen and oxygen atoms in total. The zero-order chi connectivity index (χ0) is 12.1. The van der Waals surface area contributed by atoms with Crippen LogP contribution in [-0.2, 0) is 14.3 Å². The van der Waals surface area contributed by atoms with Crippen LogP contribution in [0.25, 0.3) is 0 Å². The predicted octanol–water partition coefficient (Wildman–Crippen LogP) is 1.91. The van der Waals surface area contributed by atoms with E-state index < -0.39 is 5.97 Å². The molecular formula is C13H14O4. The Balaban J connectivity index is 1.81. The van der Waals surface area contributed by atoms with Crippen LogP contribution >= 0.6 is 0 Å². The van der Waals surface area contributed by atoms with Gasteiger partial charge in [-0.25, -0.2) is 4.79 Å². The van der Waals surface area contributed by atoms with Crippen molar-refractivity contribution in [1.29, 1.82) is 0 Å². The van der Waals surface area contributed by atoms with E-state index in [4.69, 9.17) is 14.2 Å². The van der Waals surface area contributed by atoms with E-state index in [2.05, 4.69) is 0 Å². The standard InChI is InChI=1S/C13H14O4/c1-10(7-15-8-12-9-16-12)13(14)17-11-5-3-2-4-6-11/h2-7,12H,8-9H2,1H3. The summed E-state index contributed by atoms with van der Waals surface area (Å²) in [7, 11) is 0. The van der Waals surface area contributed by atoms with E-state index >= 15 is 0 Å². The Morgan fingerprint density at radius 2 is 2.18 bits per heavy atom. The van der Waals surface area contributed by atoms with Crippen molar-refractivity contribution in [3.05, 3.63) is 42.2 Å². The van der Waals surface area contributed by atoms with Crippen molar-refractivity contribution in [2.24, 2.45) is 0 Å². The van der Waals surface area contributed by atoms with E-state index in [1.165, 1.54) is 6.26 Å². The Morgan fingerprint density at radius 1 is 1.47 bits per heavy atom. The molecule has 1 aromatic carbocycles. The lowest BCUT2D eigenvalue weighted by Crippen LogP contribution is -2.10. The van der Waals surface area contributed by atoms with Gasteiger partial charge in [0.15, 0.2) is 0 Å². The fourth-order valence-corrected chi connectivity index (χ4v) is 1.17. The highest BCUT2D eigenvalue weighted by Crippen LogP contribution is 2.12. The topological polar surface area (TPSA) is 48.1 Å². The highest BCUT2D eigenvalue weighted by molar-refractivity contribution is 5.89. The fourth-order valence-electron chi connectivity index (χ4n) is 1.17. The van der Waals surface area contributed by atoms with Gasteiger partial charge in [-0.05, 0) is 19.1 Å². The van der Waals surface area contributed by atoms with Crippen molar-refractivity contribution in [2.45, 2.75) is 13.0 Å². The van der Waals surface area contributed by atoms with Crippen LogP contribution in [0.4, 0.5) is 0 Å². The maximum Gasteiger partial charge on any atom is 0.342 e. The molecule has 0 radical (unpaired) electrons. The van der Waals surface area contributed by atoms with Crippen LogP contribution in [0.15, 0.2) is 42.2 Å². The summed E-state index contributed by atoms with van der Waals surface area (Å²) in [6.07, 6.45) is 1.59. The molecule has 1 unspecified atom stereocenters. The maximum absolute atomic E-state index is 11.6. The van der Waals surface area contributed by atoms with Crippen LogP contribution < -0.4 is 4.74 Å². The number of ether oxygens (including phenoxy) is 3. The Bertz CT molecular complexity index is 407. The fraction of sp³-hybridized carbons (Fsp3) is 0.308. The quantitative estimate of drug-likeness (QED) is 0.257. The van der Waals surface area contributed by atoms with Gasteiger partial charge < -0.3 is 14.2 Å². The van der Waals surface area contributed by atoms with Crippen LogP contribution in [0.1, 0.15) is 6.92 Å². The molecular weight excluding hydrogens is 220 g/mol. The number of para-hydroxylation sites is 1. The first-order valence-electron chi connectivity index (χ1n) is 5.43. The Morgan fingerprint density at radius 3 is 2.82 bits per heavy atom. The SMILES string of the molecule is CC(=COCC1CO1)C(=O)Oc1ccccc1. The van der Waals surface area contributed by atoms with Crippen molar-refractivity contribution >= 4 is 5.97 Å². The second kappa shape index (κ2) is 5.50. The van der Waals surface area contributed by atoms with Crippen LogP contribution in [-0.4, -0.2) is 25.3 Å². The lowest BCUT2D eigenvalue weighted by Gasteiger charge is -2.04. The Kier molecular flexibility index (Phi) is 3.77. The summed E-state index contributed by atoms with van der Waals surface area (Å²) >= 11 is 0. The summed E-state index contributed by atoms with van der Waals surface area (Å²) < 4.78 is 15.3. The van der Waals surface area contributed by atoms with E-state index in [-0.39, 0.29) is 6.10 Å². The molecule has 1 aromatic rings. The molecule has 0 saturated carbocycles. The van der Waals surface area contributed by atoms with E-state index in [0.29, 0.717) is 17.9 Å². The monoisotopic (exact) mass is 234 g/mol. The highest BCUT2D eigenvalue weighted by Gasteiger charge is 2.22. The zero-order valence-corrected chi connectivity index (χ0v) is 9.59. The molecule has 1 atom stereocenters. The smallest absolute Gasteiger partial charge is 0.342 e. The molecule has 0 N–H and O–H groups in total. The third-order valence-electron chi connectivity index (χ3n) is 2.22. The number of esters is 1. The minimum Gasteiger partial charge on any atom is -0.498 e. The molecule has 4 heteroatoms. The van der Waals surface area contributed by atoms with Gasteiger partial charge in [-0.3, -0.25) is 0 Å². The van der Waals surface area contributed by atoms with Crippen molar-refractivity contribution in [3.8, 4) is 5.75 Å². The number of carbonyl (C=O) groups is 1. The summed E-state index contributed by atoms with van der Waals surface area (Å²) in [5.74, 6) is 0.115. The van der Waals surface area contributed by atoms with Crippen molar-refractivity contribution in [2.75, 3.05) is 13.2 Å². The normalized spacial score (nSPS) is 18.6. The minimum atomic E-state index is -0.409. The van der Waals surface area contributed by atoms with Crippen molar-refractivity contribution in [1.82, 2.24) is 0 Å². The lowest BCUT2D eigenvalue weighted by atomic mass is 10.3. The van der Waals surface area contributed by atoms with Gasteiger partial charge in [-0.15, -0.1) is 0 Å². The van der Waals surface area contributed by atoms with E-state index in [1.807, 2.05) is 18.2 Å². The number of carbonyl (C=O) groups excluding carboxylic acids is 1. The van der Waals surface area contributed by atoms with E-state index in [0.717, 1.165) is 6.61 Å². The summed E-state index contributed by atoms with van der Waals surface area (Å²) in [5, 5.41) is 0. The molecule has 0 bridgehead atoms. The van der Waals surface area contributed by atoms with Crippen LogP contribution in [0.2, 0.25) is 0 Å². The molecule has 1 fully saturated rings. The molecule has 1 aliphatic rings. The van der Waals surface area contributed by atoms with Gasteiger partial charge in [0.2, 0.25) is 0 Å². The molecule has 0 amide bonds. The number of benzene rings is 1. The average molecular weight is 234 g/mol. The summed E-state index contributed by atoms with van der Waals surface area (Å²) in [4.78, 5) is 11.6. The van der Waals surface area contributed by atoms with E-state index in [9.17, 15) is 4.79 Å². The predicted molar refractivity (Wildman–Crippen MR) is 61.5 cm³/mol. The van der Waals surface area contributed by atoms with Gasteiger partial charge in [-0.2, -0.15) is 0 Å². The third-order valence-corrected chi connectivity index (χ3v) is 2.22. The van der Waals surface area contributed by atoms with Crippen LogP contribution in [0.3, 0.4) is 0 Å². The van der Waals surface area contributed by atoms with Crippen LogP contribution in [0, 0.1) is 0 Å². The molecule has 0 spiro atoms. The summed E-state index contributed by atoms with van der Waals surface area (Å²) in [5.41, 5.74) is 0.425. The molecule has 90 valence electrons. The molecule has 1 heterocycles. The summed E-state index contributed by atoms with van der Waals surface area (Å²) in [6, 6.07) is 8.93. The van der Waals surface area contributed by atoms with E-state index in [1.54, 1.807) is 19.1 Å². The Hall–Kier alpha value is -1.81. The zero-order valence-electron chi connectivity index (χ0n) is 9.59. The number of epoxide rings is 1. The largest absolute Gasteiger partial charge is 0.498 e. The van der Waals surface area contributed by atoms with Gasteiger partial charge in [0, 0.05) is 0 Å². The number of hydrogen-bond donors (Lipinski definition) is 0. The van der Waals surface area contributed by atoms with Gasteiger partial charge in [0.1, 0.15) is 18.5 Å². The van der Waals surface area contributed by atoms with Crippen molar-refractivity contribution < 1.29 is 19.0 Å². The lowest BCUT2D eigenvalue weighted by molar-refractivity contribution is -0.130. The molecule has 17 heavy (non-hydrogen) atoms. The molecule has 1 saturated heterocycles. The van der Waals surface area contributed by atoms with Gasteiger partial charge in [-0.1, -0.05) is 18.2 Å². The maximum atomic E-state index is 11.6. The van der Waals surface area contributed by atoms with Gasteiger partial charge >= 0.3 is 5.97 Å².